The van der Waals surface area contributed by atoms with Crippen molar-refractivity contribution < 1.29 is 0 Å². The maximum absolute atomic E-state index is 4.13. The van der Waals surface area contributed by atoms with Gasteiger partial charge in [0.15, 0.2) is 5.65 Å². The first-order chi connectivity index (χ1) is 6.77. The van der Waals surface area contributed by atoms with E-state index in [4.69, 9.17) is 0 Å². The van der Waals surface area contributed by atoms with Crippen LogP contribution in [0.25, 0.3) is 11.4 Å². The van der Waals surface area contributed by atoms with Crippen molar-refractivity contribution in [1.29, 1.82) is 0 Å². The Morgan fingerprint density at radius 1 is 1.07 bits per heavy atom. The summed E-state index contributed by atoms with van der Waals surface area (Å²) < 4.78 is 3.13. The molecule has 0 amide bonds. The molecule has 0 fully saturated rings. The SMILES string of the molecule is Cc1nn2nnnc2n2c(C)nnc12. The van der Waals surface area contributed by atoms with Crippen molar-refractivity contribution in [3.05, 3.63) is 11.5 Å². The third-order valence-electron chi connectivity index (χ3n) is 2.03. The minimum atomic E-state index is 0.521. The highest BCUT2D eigenvalue weighted by atomic mass is 15.6. The van der Waals surface area contributed by atoms with Crippen LogP contribution in [0.5, 0.6) is 0 Å². The number of fused-ring (bicyclic) bond motifs is 3. The maximum Gasteiger partial charge on any atom is 0.279 e. The van der Waals surface area contributed by atoms with Crippen LogP contribution in [-0.4, -0.2) is 39.9 Å². The van der Waals surface area contributed by atoms with E-state index in [0.29, 0.717) is 11.4 Å². The monoisotopic (exact) mass is 190 g/mol. The predicted molar refractivity (Wildman–Crippen MR) is 44.6 cm³/mol. The van der Waals surface area contributed by atoms with Crippen molar-refractivity contribution in [2.45, 2.75) is 13.8 Å². The highest BCUT2D eigenvalue weighted by Crippen LogP contribution is 2.08. The minimum Gasteiger partial charge on any atom is -0.242 e. The maximum atomic E-state index is 4.13. The quantitative estimate of drug-likeness (QED) is 0.460. The topological polar surface area (TPSA) is 86.2 Å². The van der Waals surface area contributed by atoms with E-state index in [1.807, 2.05) is 13.8 Å². The molecule has 0 aliphatic carbocycles. The van der Waals surface area contributed by atoms with Gasteiger partial charge in [0.1, 0.15) is 11.5 Å². The van der Waals surface area contributed by atoms with E-state index in [1.54, 1.807) is 4.40 Å². The van der Waals surface area contributed by atoms with Crippen LogP contribution in [0.2, 0.25) is 0 Å². The van der Waals surface area contributed by atoms with E-state index in [9.17, 15) is 0 Å². The van der Waals surface area contributed by atoms with Gasteiger partial charge in [-0.25, -0.2) is 4.40 Å². The summed E-state index contributed by atoms with van der Waals surface area (Å²) in [4.78, 5) is 0. The van der Waals surface area contributed by atoms with Gasteiger partial charge in [-0.15, -0.1) is 15.3 Å². The van der Waals surface area contributed by atoms with Gasteiger partial charge in [0.05, 0.1) is 0 Å². The van der Waals surface area contributed by atoms with Gasteiger partial charge in [0.2, 0.25) is 0 Å². The molecule has 3 rings (SSSR count). The van der Waals surface area contributed by atoms with Gasteiger partial charge in [0, 0.05) is 0 Å². The Labute approximate surface area is 77.6 Å². The van der Waals surface area contributed by atoms with Crippen molar-refractivity contribution in [2.75, 3.05) is 0 Å². The molecule has 0 radical (unpaired) electrons. The number of aryl methyl sites for hydroxylation is 2. The molecule has 3 aromatic heterocycles. The third kappa shape index (κ3) is 0.721. The van der Waals surface area contributed by atoms with Gasteiger partial charge in [-0.05, 0) is 24.3 Å². The van der Waals surface area contributed by atoms with Crippen molar-refractivity contribution >= 4 is 11.4 Å². The molecule has 0 saturated carbocycles. The number of hydrogen-bond acceptors (Lipinski definition) is 6. The molecule has 0 spiro atoms. The Morgan fingerprint density at radius 2 is 1.93 bits per heavy atom. The Kier molecular flexibility index (Phi) is 1.16. The molecule has 3 aromatic rings. The molecular weight excluding hydrogens is 184 g/mol. The van der Waals surface area contributed by atoms with Gasteiger partial charge in [-0.1, -0.05) is 9.73 Å². The summed E-state index contributed by atoms with van der Waals surface area (Å²) >= 11 is 0. The zero-order valence-electron chi connectivity index (χ0n) is 7.58. The number of aromatic nitrogens is 8. The summed E-state index contributed by atoms with van der Waals surface area (Å²) in [5.74, 6) is 1.26. The van der Waals surface area contributed by atoms with Crippen LogP contribution in [0, 0.1) is 13.8 Å². The second-order valence-corrected chi connectivity index (χ2v) is 2.96. The van der Waals surface area contributed by atoms with E-state index in [0.717, 1.165) is 11.5 Å². The number of hydrogen-bond donors (Lipinski definition) is 0. The van der Waals surface area contributed by atoms with E-state index >= 15 is 0 Å². The first-order valence-electron chi connectivity index (χ1n) is 4.04. The molecule has 8 heteroatoms. The smallest absolute Gasteiger partial charge is 0.242 e. The van der Waals surface area contributed by atoms with Crippen molar-refractivity contribution in [3.8, 4) is 0 Å². The van der Waals surface area contributed by atoms with Gasteiger partial charge < -0.3 is 0 Å². The molecule has 0 unspecified atom stereocenters. The van der Waals surface area contributed by atoms with Gasteiger partial charge in [-0.3, -0.25) is 0 Å². The number of rotatable bonds is 0. The van der Waals surface area contributed by atoms with Crippen molar-refractivity contribution in [2.24, 2.45) is 0 Å². The summed E-state index contributed by atoms with van der Waals surface area (Å²) in [6.07, 6.45) is 0. The van der Waals surface area contributed by atoms with Gasteiger partial charge in [-0.2, -0.15) is 0 Å². The molecule has 0 bridgehead atoms. The lowest BCUT2D eigenvalue weighted by molar-refractivity contribution is 0.712. The Hall–Kier alpha value is -2.12. The molecule has 0 aliphatic heterocycles. The van der Waals surface area contributed by atoms with Crippen molar-refractivity contribution in [1.82, 2.24) is 39.9 Å². The normalized spacial score (nSPS) is 11.6. The molecule has 14 heavy (non-hydrogen) atoms. The highest BCUT2D eigenvalue weighted by molar-refractivity contribution is 5.48. The number of nitrogens with zero attached hydrogens (tertiary/aromatic N) is 8. The lowest BCUT2D eigenvalue weighted by Gasteiger charge is -1.97. The second kappa shape index (κ2) is 2.22. The lowest BCUT2D eigenvalue weighted by atomic mass is 10.5. The van der Waals surface area contributed by atoms with Gasteiger partial charge in [0.25, 0.3) is 5.78 Å². The summed E-state index contributed by atoms with van der Waals surface area (Å²) in [5.41, 5.74) is 1.43. The average Bonchev–Trinajstić information content (AvgIpc) is 2.71. The zero-order valence-corrected chi connectivity index (χ0v) is 7.58. The second-order valence-electron chi connectivity index (χ2n) is 2.96. The Bertz CT molecular complexity index is 619. The molecule has 0 atom stereocenters. The molecule has 0 saturated heterocycles. The molecule has 70 valence electrons. The Morgan fingerprint density at radius 3 is 2.79 bits per heavy atom. The van der Waals surface area contributed by atoms with Crippen LogP contribution in [0.3, 0.4) is 0 Å². The molecular formula is C6H6N8. The lowest BCUT2D eigenvalue weighted by Crippen LogP contribution is -2.04. The van der Waals surface area contributed by atoms with Crippen LogP contribution < -0.4 is 0 Å². The third-order valence-corrected chi connectivity index (χ3v) is 2.03. The molecule has 3 heterocycles. The van der Waals surface area contributed by atoms with E-state index < -0.39 is 0 Å². The summed E-state index contributed by atoms with van der Waals surface area (Å²) in [5, 5.41) is 23.2. The fourth-order valence-electron chi connectivity index (χ4n) is 1.40. The first-order valence-corrected chi connectivity index (χ1v) is 4.04. The average molecular weight is 190 g/mol. The zero-order chi connectivity index (χ0) is 9.71. The molecule has 0 aromatic carbocycles. The highest BCUT2D eigenvalue weighted by Gasteiger charge is 2.11. The molecule has 8 nitrogen and oxygen atoms in total. The van der Waals surface area contributed by atoms with Crippen LogP contribution >= 0.6 is 0 Å². The molecule has 0 aliphatic rings. The van der Waals surface area contributed by atoms with E-state index in [2.05, 4.69) is 30.8 Å². The predicted octanol–water partition coefficient (Wildman–Crippen LogP) is -0.821. The number of tetrazole rings is 1. The first kappa shape index (κ1) is 7.30. The fourth-order valence-corrected chi connectivity index (χ4v) is 1.40. The summed E-state index contributed by atoms with van der Waals surface area (Å²) in [7, 11) is 0. The van der Waals surface area contributed by atoms with Crippen LogP contribution in [0.15, 0.2) is 0 Å². The van der Waals surface area contributed by atoms with Crippen LogP contribution in [0.1, 0.15) is 11.5 Å². The van der Waals surface area contributed by atoms with Crippen molar-refractivity contribution in [3.63, 3.8) is 0 Å². The molecule has 0 N–H and O–H groups in total. The van der Waals surface area contributed by atoms with Crippen LogP contribution in [-0.2, 0) is 0 Å². The summed E-state index contributed by atoms with van der Waals surface area (Å²) in [6, 6.07) is 0. The standard InChI is InChI=1S/C6H6N8/c1-3-5-8-7-4(2)13(5)6-9-11-12-14(6)10-3/h1-2H3. The van der Waals surface area contributed by atoms with E-state index in [-0.39, 0.29) is 0 Å². The van der Waals surface area contributed by atoms with E-state index in [1.165, 1.54) is 4.63 Å². The van der Waals surface area contributed by atoms with Gasteiger partial charge >= 0.3 is 0 Å². The minimum absolute atomic E-state index is 0.521. The fraction of sp³-hybridized carbons (Fsp3) is 0.333. The Balaban J connectivity index is 2.70. The van der Waals surface area contributed by atoms with Crippen LogP contribution in [0.4, 0.5) is 0 Å². The largest absolute Gasteiger partial charge is 0.279 e. The summed E-state index contributed by atoms with van der Waals surface area (Å²) in [6.45, 7) is 3.68.